The smallest absolute Gasteiger partial charge is 0.410 e. The van der Waals surface area contributed by atoms with Gasteiger partial charge < -0.3 is 44.1 Å². The number of nitrogens with one attached hydrogen (secondary N) is 1. The maximum Gasteiger partial charge on any atom is 0.410 e. The molecule has 15 heteroatoms. The molecule has 2 N–H and O–H groups in total. The van der Waals surface area contributed by atoms with Gasteiger partial charge in [-0.05, 0) is 74.8 Å². The van der Waals surface area contributed by atoms with E-state index in [0.29, 0.717) is 44.2 Å². The number of carbonyl (C=O) groups is 6. The Labute approximate surface area is 407 Å². The Hall–Kier alpha value is -4.18. The number of hydrogen-bond acceptors (Lipinski definition) is 11. The third-order valence-electron chi connectivity index (χ3n) is 14.3. The summed E-state index contributed by atoms with van der Waals surface area (Å²) in [5, 5.41) is 13.9. The fourth-order valence-corrected chi connectivity index (χ4v) is 9.95. The van der Waals surface area contributed by atoms with Crippen LogP contribution < -0.4 is 5.32 Å². The van der Waals surface area contributed by atoms with Gasteiger partial charge in [0.1, 0.15) is 12.7 Å². The van der Waals surface area contributed by atoms with Crippen molar-refractivity contribution in [3.63, 3.8) is 0 Å². The Bertz CT molecular complexity index is 1790. The molecule has 0 radical (unpaired) electrons. The number of ketones is 2. The molecule has 1 aromatic rings. The third-order valence-corrected chi connectivity index (χ3v) is 14.3. The Morgan fingerprint density at radius 2 is 1.53 bits per heavy atom. The van der Waals surface area contributed by atoms with E-state index in [2.05, 4.69) is 5.32 Å². The fourth-order valence-electron chi connectivity index (χ4n) is 9.95. The van der Waals surface area contributed by atoms with E-state index >= 15 is 0 Å². The van der Waals surface area contributed by atoms with Gasteiger partial charge in [-0.1, -0.05) is 98.2 Å². The number of amides is 4. The highest BCUT2D eigenvalue weighted by atomic mass is 16.6. The average molecular weight is 955 g/mol. The molecule has 0 bridgehead atoms. The van der Waals surface area contributed by atoms with Crippen molar-refractivity contribution in [2.45, 2.75) is 181 Å². The van der Waals surface area contributed by atoms with Crippen molar-refractivity contribution in [3.05, 3.63) is 48.0 Å². The van der Waals surface area contributed by atoms with Crippen LogP contribution in [0.3, 0.4) is 0 Å². The molecule has 1 heterocycles. The number of nitrogens with zero attached hydrogens (tertiary/aromatic N) is 3. The van der Waals surface area contributed by atoms with E-state index in [-0.39, 0.29) is 78.6 Å². The first-order valence-corrected chi connectivity index (χ1v) is 25.1. The summed E-state index contributed by atoms with van der Waals surface area (Å²) in [6.07, 6.45) is 5.40. The van der Waals surface area contributed by atoms with Gasteiger partial charge in [-0.3, -0.25) is 24.0 Å². The number of aliphatic hydroxyl groups is 1. The van der Waals surface area contributed by atoms with Crippen molar-refractivity contribution in [1.29, 1.82) is 0 Å². The number of rotatable bonds is 26. The molecule has 12 atom stereocenters. The van der Waals surface area contributed by atoms with Crippen LogP contribution in [0.5, 0.6) is 0 Å². The van der Waals surface area contributed by atoms with Gasteiger partial charge in [0, 0.05) is 53.6 Å². The van der Waals surface area contributed by atoms with Crippen molar-refractivity contribution in [2.24, 2.45) is 29.6 Å². The van der Waals surface area contributed by atoms with Gasteiger partial charge >= 0.3 is 6.09 Å². The van der Waals surface area contributed by atoms with Crippen molar-refractivity contribution in [3.8, 4) is 0 Å². The van der Waals surface area contributed by atoms with Gasteiger partial charge in [0.2, 0.25) is 17.7 Å². The second-order valence-electron chi connectivity index (χ2n) is 19.9. The highest BCUT2D eigenvalue weighted by molar-refractivity contribution is 5.92. The molecule has 68 heavy (non-hydrogen) atoms. The topological polar surface area (TPSA) is 181 Å². The second kappa shape index (κ2) is 28.5. The van der Waals surface area contributed by atoms with Crippen LogP contribution >= 0.6 is 0 Å². The summed E-state index contributed by atoms with van der Waals surface area (Å²) >= 11 is 0. The van der Waals surface area contributed by atoms with E-state index in [1.807, 2.05) is 91.0 Å². The third kappa shape index (κ3) is 16.2. The first-order valence-electron chi connectivity index (χ1n) is 25.1. The number of ether oxygens (including phenoxy) is 4. The van der Waals surface area contributed by atoms with E-state index in [4.69, 9.17) is 18.9 Å². The maximum absolute atomic E-state index is 14.7. The predicted octanol–water partition coefficient (Wildman–Crippen LogP) is 7.33. The summed E-state index contributed by atoms with van der Waals surface area (Å²) in [4.78, 5) is 87.2. The Morgan fingerprint density at radius 3 is 2.12 bits per heavy atom. The van der Waals surface area contributed by atoms with Crippen LogP contribution in [-0.2, 0) is 42.9 Å². The van der Waals surface area contributed by atoms with Gasteiger partial charge in [0.25, 0.3) is 0 Å². The molecule has 0 spiro atoms. The zero-order valence-corrected chi connectivity index (χ0v) is 43.5. The number of methoxy groups -OCH3 is 2. The number of benzene rings is 1. The molecule has 1 aliphatic carbocycles. The number of likely N-dealkylation sites (N-methyl/N-ethyl adjacent to an activating group) is 2. The molecule has 1 fully saturated rings. The highest BCUT2D eigenvalue weighted by Gasteiger charge is 2.44. The molecule has 384 valence electrons. The summed E-state index contributed by atoms with van der Waals surface area (Å²) in [6.45, 7) is 17.5. The molecular weight excluding hydrogens is 869 g/mol. The minimum absolute atomic E-state index is 0.0188. The average Bonchev–Trinajstić information content (AvgIpc) is 3.80. The molecule has 0 saturated carbocycles. The fraction of sp³-hybridized carbons (Fsp3) is 0.736. The van der Waals surface area contributed by atoms with Crippen LogP contribution in [0.25, 0.3) is 0 Å². The van der Waals surface area contributed by atoms with Crippen LogP contribution in [0.15, 0.2) is 42.5 Å². The van der Waals surface area contributed by atoms with Crippen LogP contribution in [0, 0.1) is 29.6 Å². The lowest BCUT2D eigenvalue weighted by molar-refractivity contribution is -0.149. The molecule has 3 rings (SSSR count). The summed E-state index contributed by atoms with van der Waals surface area (Å²) < 4.78 is 23.8. The summed E-state index contributed by atoms with van der Waals surface area (Å²) in [6, 6.07) is 6.84. The molecule has 15 nitrogen and oxygen atoms in total. The van der Waals surface area contributed by atoms with Gasteiger partial charge in [-0.2, -0.15) is 0 Å². The minimum Gasteiger partial charge on any atom is -0.442 e. The van der Waals surface area contributed by atoms with Crippen molar-refractivity contribution < 1.29 is 52.8 Å². The lowest BCUT2D eigenvalue weighted by atomic mass is 9.83. The molecule has 9 unspecified atom stereocenters. The van der Waals surface area contributed by atoms with Crippen molar-refractivity contribution in [1.82, 2.24) is 20.0 Å². The standard InChI is InChI=1S/C53H86N4O11/c1-14-35(7)48(45(65-12)31-46(60)57-29-21-28-43(57)50(66-13)36(8)51(62)54-37(9)49(61)38-22-17-16-18-23-38)55(10)52(63)42(33(3)4)30-44(59)47(34(5)6)56(11)53(64)68-41-26-19-24-40(25-20-27-41)67-32-39(58)15-2/h16-19,22-23,26,33-37,40-43,45,47-50,61H,14-15,20-21,24-25,27-32H2,1-13H3,(H,54,62)/b26-19+/t35-,36?,37+,40?,41?,42?,43?,45?,47?,48?,49+,50?/m0/s1. The van der Waals surface area contributed by atoms with Crippen LogP contribution in [0.1, 0.15) is 138 Å². The summed E-state index contributed by atoms with van der Waals surface area (Å²) in [5.74, 6) is -2.83. The van der Waals surface area contributed by atoms with Crippen LogP contribution in [-0.4, -0.2) is 145 Å². The quantitative estimate of drug-likeness (QED) is 0.0888. The predicted molar refractivity (Wildman–Crippen MR) is 262 cm³/mol. The van der Waals surface area contributed by atoms with Gasteiger partial charge in [0.05, 0.1) is 60.9 Å². The van der Waals surface area contributed by atoms with Crippen molar-refractivity contribution in [2.75, 3.05) is 41.5 Å². The number of Topliss-reactive ketones (excluding diaryl/α,β-unsaturated/α-hetero) is 2. The summed E-state index contributed by atoms with van der Waals surface area (Å²) in [5.41, 5.74) is 0.694. The van der Waals surface area contributed by atoms with Gasteiger partial charge in [-0.25, -0.2) is 4.79 Å². The molecule has 0 aromatic heterocycles. The largest absolute Gasteiger partial charge is 0.442 e. The SMILES string of the molecule is CCC(=O)COC1C/C=C/C(OC(=O)N(C)C(C(=O)CC(C(=O)N(C)C(C(CC(=O)N2CCCC2C(OC)C(C)C(=O)N[C@H](C)[C@@H](O)c2ccccc2)OC)[C@@H](C)CC)C(C)C)C(C)C)CCC1. The molecular formula is C53H86N4O11. The Kier molecular flexibility index (Phi) is 24.3. The first kappa shape index (κ1) is 58.1. The van der Waals surface area contributed by atoms with E-state index in [0.717, 1.165) is 19.3 Å². The summed E-state index contributed by atoms with van der Waals surface area (Å²) in [7, 11) is 6.37. The van der Waals surface area contributed by atoms with Gasteiger partial charge in [-0.15, -0.1) is 0 Å². The highest BCUT2D eigenvalue weighted by Crippen LogP contribution is 2.32. The number of aliphatic hydroxyl groups excluding tert-OH is 1. The van der Waals surface area contributed by atoms with E-state index < -0.39 is 60.5 Å². The normalized spacial score (nSPS) is 22.1. The molecule has 2 aliphatic rings. The molecule has 1 aliphatic heterocycles. The Morgan fingerprint density at radius 1 is 0.853 bits per heavy atom. The number of likely N-dealkylation sites (tertiary alicyclic amines) is 1. The molecule has 1 saturated heterocycles. The molecule has 1 aromatic carbocycles. The second-order valence-corrected chi connectivity index (χ2v) is 19.9. The maximum atomic E-state index is 14.7. The number of carbonyl (C=O) groups excluding carboxylic acids is 6. The van der Waals surface area contributed by atoms with Gasteiger partial charge in [0.15, 0.2) is 11.6 Å². The van der Waals surface area contributed by atoms with E-state index in [1.165, 1.54) is 4.90 Å². The van der Waals surface area contributed by atoms with E-state index in [1.54, 1.807) is 52.0 Å². The lowest BCUT2D eigenvalue weighted by Crippen LogP contribution is -2.55. The zero-order chi connectivity index (χ0) is 50.8. The lowest BCUT2D eigenvalue weighted by Gasteiger charge is -2.41. The van der Waals surface area contributed by atoms with Crippen LogP contribution in [0.2, 0.25) is 0 Å². The van der Waals surface area contributed by atoms with Crippen molar-refractivity contribution >= 4 is 35.4 Å². The monoisotopic (exact) mass is 955 g/mol. The first-order chi connectivity index (χ1) is 32.2. The minimum atomic E-state index is -0.903. The van der Waals surface area contributed by atoms with Crippen LogP contribution in [0.4, 0.5) is 4.79 Å². The molecule has 4 amide bonds. The zero-order valence-electron chi connectivity index (χ0n) is 43.5. The number of hydrogen-bond donors (Lipinski definition) is 2. The van der Waals surface area contributed by atoms with E-state index in [9.17, 15) is 33.9 Å². The Balaban J connectivity index is 1.73.